The predicted octanol–water partition coefficient (Wildman–Crippen LogP) is 2.21. The standard InChI is InChI=1S/C30H33N7O3/c1-20-9-10-21-6-3-4-7-24(21)26(20)18-35-15-22-14-28(38)31-11-13-34(2)29(39)25-8-5-12-36(30(25)40)16-23-17-37(33-32-23)27(22)19-35/h3-10,12,17,22,27H,11,13-16,18-19H2,1-2H3,(H,31,38)/t22-,27+/m0/s1. The van der Waals surface area contributed by atoms with Crippen molar-refractivity contribution in [3.05, 3.63) is 93.7 Å². The second-order valence-corrected chi connectivity index (χ2v) is 10.9. The van der Waals surface area contributed by atoms with Gasteiger partial charge in [0, 0.05) is 58.3 Å². The van der Waals surface area contributed by atoms with Crippen molar-refractivity contribution >= 4 is 22.6 Å². The highest BCUT2D eigenvalue weighted by molar-refractivity contribution is 5.93. The minimum atomic E-state index is -0.375. The Labute approximate surface area is 232 Å². The quantitative estimate of drug-likeness (QED) is 0.419. The summed E-state index contributed by atoms with van der Waals surface area (Å²) in [5, 5.41) is 14.2. The second-order valence-electron chi connectivity index (χ2n) is 10.9. The number of pyridine rings is 1. The summed E-state index contributed by atoms with van der Waals surface area (Å²) in [5.41, 5.74) is 2.88. The van der Waals surface area contributed by atoms with Crippen molar-refractivity contribution in [3.8, 4) is 0 Å². The molecule has 4 heterocycles. The average molecular weight is 540 g/mol. The van der Waals surface area contributed by atoms with Gasteiger partial charge in [-0.15, -0.1) is 5.10 Å². The van der Waals surface area contributed by atoms with Gasteiger partial charge in [-0.25, -0.2) is 4.68 Å². The molecule has 0 radical (unpaired) electrons. The van der Waals surface area contributed by atoms with E-state index in [1.807, 2.05) is 10.9 Å². The first kappa shape index (κ1) is 25.9. The number of likely N-dealkylation sites (N-methyl/N-ethyl adjacent to an activating group) is 1. The number of aromatic nitrogens is 4. The Kier molecular flexibility index (Phi) is 6.93. The summed E-state index contributed by atoms with van der Waals surface area (Å²) in [6, 6.07) is 16.0. The molecular weight excluding hydrogens is 506 g/mol. The van der Waals surface area contributed by atoms with E-state index < -0.39 is 0 Å². The van der Waals surface area contributed by atoms with Crippen LogP contribution >= 0.6 is 0 Å². The van der Waals surface area contributed by atoms with Gasteiger partial charge in [0.05, 0.1) is 18.8 Å². The number of hydrogen-bond acceptors (Lipinski definition) is 6. The molecule has 6 rings (SSSR count). The van der Waals surface area contributed by atoms with Gasteiger partial charge in [-0.1, -0.05) is 41.6 Å². The van der Waals surface area contributed by atoms with Crippen LogP contribution in [0.5, 0.6) is 0 Å². The second kappa shape index (κ2) is 10.7. The van der Waals surface area contributed by atoms with Crippen LogP contribution in [0.25, 0.3) is 10.8 Å². The molecule has 2 aromatic carbocycles. The Hall–Kier alpha value is -4.31. The number of nitrogens with one attached hydrogen (secondary N) is 1. The third-order valence-corrected chi connectivity index (χ3v) is 8.18. The molecule has 2 aliphatic heterocycles. The fourth-order valence-corrected chi connectivity index (χ4v) is 5.98. The Morgan fingerprint density at radius 3 is 2.75 bits per heavy atom. The molecule has 4 bridgehead atoms. The topological polar surface area (TPSA) is 105 Å². The van der Waals surface area contributed by atoms with Gasteiger partial charge >= 0.3 is 0 Å². The average Bonchev–Trinajstić information content (AvgIpc) is 3.57. The van der Waals surface area contributed by atoms with Crippen LogP contribution in [0.2, 0.25) is 0 Å². The van der Waals surface area contributed by atoms with Crippen molar-refractivity contribution in [2.75, 3.05) is 33.2 Å². The van der Waals surface area contributed by atoms with Crippen molar-refractivity contribution in [1.29, 1.82) is 0 Å². The number of aryl methyl sites for hydroxylation is 1. The van der Waals surface area contributed by atoms with E-state index >= 15 is 0 Å². The highest BCUT2D eigenvalue weighted by atomic mass is 16.2. The zero-order chi connectivity index (χ0) is 27.8. The molecular formula is C30H33N7O3. The van der Waals surface area contributed by atoms with Crippen LogP contribution < -0.4 is 10.9 Å². The van der Waals surface area contributed by atoms with E-state index in [4.69, 9.17) is 0 Å². The first-order valence-corrected chi connectivity index (χ1v) is 13.7. The van der Waals surface area contributed by atoms with Crippen LogP contribution in [-0.4, -0.2) is 74.4 Å². The lowest BCUT2D eigenvalue weighted by molar-refractivity contribution is -0.122. The van der Waals surface area contributed by atoms with E-state index in [0.29, 0.717) is 25.2 Å². The van der Waals surface area contributed by atoms with Gasteiger partial charge in [-0.3, -0.25) is 19.3 Å². The van der Waals surface area contributed by atoms with Crippen LogP contribution in [0.3, 0.4) is 0 Å². The highest BCUT2D eigenvalue weighted by Gasteiger charge is 2.36. The van der Waals surface area contributed by atoms with Gasteiger partial charge in [0.2, 0.25) is 5.91 Å². The molecule has 0 spiro atoms. The molecule has 2 aliphatic rings. The maximum absolute atomic E-state index is 13.1. The smallest absolute Gasteiger partial charge is 0.263 e. The molecule has 0 saturated carbocycles. The van der Waals surface area contributed by atoms with E-state index in [1.54, 1.807) is 19.3 Å². The third kappa shape index (κ3) is 5.02. The Balaban J connectivity index is 1.31. The fraction of sp³-hybridized carbons (Fsp3) is 0.367. The van der Waals surface area contributed by atoms with Crippen molar-refractivity contribution in [3.63, 3.8) is 0 Å². The van der Waals surface area contributed by atoms with Gasteiger partial charge in [0.25, 0.3) is 11.5 Å². The molecule has 10 heteroatoms. The summed E-state index contributed by atoms with van der Waals surface area (Å²) in [6.07, 6.45) is 3.87. The normalized spacial score (nSPS) is 20.5. The van der Waals surface area contributed by atoms with E-state index in [9.17, 15) is 14.4 Å². The Morgan fingerprint density at radius 1 is 1.02 bits per heavy atom. The molecule has 2 aromatic heterocycles. The summed E-state index contributed by atoms with van der Waals surface area (Å²) in [4.78, 5) is 42.9. The third-order valence-electron chi connectivity index (χ3n) is 8.18. The Morgan fingerprint density at radius 2 is 1.88 bits per heavy atom. The highest BCUT2D eigenvalue weighted by Crippen LogP contribution is 2.33. The molecule has 1 N–H and O–H groups in total. The van der Waals surface area contributed by atoms with Crippen molar-refractivity contribution in [1.82, 2.24) is 34.7 Å². The number of carbonyl (C=O) groups excluding carboxylic acids is 2. The zero-order valence-electron chi connectivity index (χ0n) is 22.8. The van der Waals surface area contributed by atoms with Crippen molar-refractivity contribution < 1.29 is 9.59 Å². The molecule has 10 nitrogen and oxygen atoms in total. The van der Waals surface area contributed by atoms with E-state index in [2.05, 4.69) is 63.9 Å². The van der Waals surface area contributed by atoms with E-state index in [0.717, 1.165) is 19.6 Å². The fourth-order valence-electron chi connectivity index (χ4n) is 5.98. The maximum atomic E-state index is 13.1. The molecule has 4 aromatic rings. The van der Waals surface area contributed by atoms with E-state index in [-0.39, 0.29) is 41.4 Å². The van der Waals surface area contributed by atoms with Crippen molar-refractivity contribution in [2.24, 2.45) is 5.92 Å². The number of rotatable bonds is 2. The van der Waals surface area contributed by atoms with Gasteiger partial charge < -0.3 is 14.8 Å². The lowest BCUT2D eigenvalue weighted by Crippen LogP contribution is -2.39. The van der Waals surface area contributed by atoms with Crippen LogP contribution in [0.1, 0.15) is 39.6 Å². The molecule has 1 fully saturated rings. The Bertz CT molecular complexity index is 1640. The molecule has 2 atom stereocenters. The van der Waals surface area contributed by atoms with Crippen LogP contribution in [0.4, 0.5) is 0 Å². The summed E-state index contributed by atoms with van der Waals surface area (Å²) >= 11 is 0. The molecule has 206 valence electrons. The molecule has 0 aliphatic carbocycles. The number of likely N-dealkylation sites (tertiary alicyclic amines) is 1. The largest absolute Gasteiger partial charge is 0.354 e. The van der Waals surface area contributed by atoms with Crippen LogP contribution in [0, 0.1) is 12.8 Å². The summed E-state index contributed by atoms with van der Waals surface area (Å²) < 4.78 is 3.34. The van der Waals surface area contributed by atoms with Gasteiger partial charge in [-0.2, -0.15) is 0 Å². The molecule has 1 saturated heterocycles. The van der Waals surface area contributed by atoms with Gasteiger partial charge in [-0.05, 0) is 41.0 Å². The summed E-state index contributed by atoms with van der Waals surface area (Å²) in [6.45, 7) is 5.23. The summed E-state index contributed by atoms with van der Waals surface area (Å²) in [5.74, 6) is -0.406. The number of amides is 2. The number of hydrogen-bond donors (Lipinski definition) is 1. The maximum Gasteiger partial charge on any atom is 0.263 e. The minimum absolute atomic E-state index is 0.0307. The molecule has 2 amide bonds. The molecule has 0 unspecified atom stereocenters. The van der Waals surface area contributed by atoms with Gasteiger partial charge in [0.15, 0.2) is 0 Å². The van der Waals surface area contributed by atoms with Crippen LogP contribution in [0.15, 0.2) is 65.7 Å². The number of benzene rings is 2. The predicted molar refractivity (Wildman–Crippen MR) is 151 cm³/mol. The SMILES string of the molecule is Cc1ccc2ccccc2c1CN1C[C@@H]2CC(=O)NCCN(C)C(=O)c3cccn(c3=O)Cc3cn(nn3)[C@@H]2C1. The monoisotopic (exact) mass is 539 g/mol. The lowest BCUT2D eigenvalue weighted by Gasteiger charge is -2.20. The van der Waals surface area contributed by atoms with E-state index in [1.165, 1.54) is 37.4 Å². The van der Waals surface area contributed by atoms with Crippen LogP contribution in [-0.2, 0) is 17.9 Å². The number of nitrogens with zero attached hydrogens (tertiary/aromatic N) is 6. The van der Waals surface area contributed by atoms with Gasteiger partial charge in [0.1, 0.15) is 11.3 Å². The number of carbonyl (C=O) groups is 2. The zero-order valence-corrected chi connectivity index (χ0v) is 22.8. The molecule has 40 heavy (non-hydrogen) atoms. The van der Waals surface area contributed by atoms with Crippen molar-refractivity contribution in [2.45, 2.75) is 32.5 Å². The minimum Gasteiger partial charge on any atom is -0.354 e. The number of fused-ring (bicyclic) bond motifs is 7. The first-order chi connectivity index (χ1) is 19.4. The first-order valence-electron chi connectivity index (χ1n) is 13.7. The summed E-state index contributed by atoms with van der Waals surface area (Å²) in [7, 11) is 1.64. The lowest BCUT2D eigenvalue weighted by atomic mass is 9.99.